The van der Waals surface area contributed by atoms with Gasteiger partial charge in [-0.1, -0.05) is 6.07 Å². The molecule has 1 fully saturated rings. The Morgan fingerprint density at radius 3 is 2.65 bits per heavy atom. The van der Waals surface area contributed by atoms with Gasteiger partial charge in [0.1, 0.15) is 5.82 Å². The van der Waals surface area contributed by atoms with Crippen LogP contribution in [0, 0.1) is 5.82 Å². The van der Waals surface area contributed by atoms with Gasteiger partial charge in [0.05, 0.1) is 11.5 Å². The lowest BCUT2D eigenvalue weighted by Gasteiger charge is -2.31. The number of likely N-dealkylation sites (tertiary alicyclic amines) is 1. The number of hydrogen-bond acceptors (Lipinski definition) is 4. The number of halogens is 4. The standard InChI is InChI=1S/C21H18F4N4O2/c22-16-8-6-13(7-9-16)18-27-28-19(31-18)14-3-2-10-29(12-14)20(30)26-17-5-1-4-15(11-17)21(23,24)25/h1,4-9,11,14H,2-3,10,12H2,(H,26,30). The number of piperidine rings is 1. The van der Waals surface area contributed by atoms with Crippen molar-refractivity contribution in [2.24, 2.45) is 0 Å². The van der Waals surface area contributed by atoms with Gasteiger partial charge in [0.15, 0.2) is 0 Å². The second kappa shape index (κ2) is 8.37. The van der Waals surface area contributed by atoms with Crippen molar-refractivity contribution in [3.05, 3.63) is 65.8 Å². The average molecular weight is 434 g/mol. The number of aromatic nitrogens is 2. The van der Waals surface area contributed by atoms with Crippen LogP contribution in [-0.2, 0) is 6.18 Å². The highest BCUT2D eigenvalue weighted by Gasteiger charge is 2.31. The topological polar surface area (TPSA) is 71.3 Å². The molecule has 1 N–H and O–H groups in total. The first-order chi connectivity index (χ1) is 14.8. The first kappa shape index (κ1) is 20.8. The van der Waals surface area contributed by atoms with Crippen LogP contribution in [0.1, 0.15) is 30.2 Å². The van der Waals surface area contributed by atoms with Crippen LogP contribution in [0.5, 0.6) is 0 Å². The summed E-state index contributed by atoms with van der Waals surface area (Å²) in [6.07, 6.45) is -3.09. The summed E-state index contributed by atoms with van der Waals surface area (Å²) in [5, 5.41) is 10.6. The summed E-state index contributed by atoms with van der Waals surface area (Å²) in [7, 11) is 0. The van der Waals surface area contributed by atoms with Crippen LogP contribution >= 0.6 is 0 Å². The van der Waals surface area contributed by atoms with Crippen molar-refractivity contribution < 1.29 is 26.8 Å². The maximum atomic E-state index is 13.1. The molecule has 1 aliphatic heterocycles. The zero-order valence-electron chi connectivity index (χ0n) is 16.2. The summed E-state index contributed by atoms with van der Waals surface area (Å²) in [5.74, 6) is 0.0253. The third kappa shape index (κ3) is 4.84. The van der Waals surface area contributed by atoms with Gasteiger partial charge in [-0.05, 0) is 55.3 Å². The van der Waals surface area contributed by atoms with E-state index in [2.05, 4.69) is 15.5 Å². The molecule has 1 unspecified atom stereocenters. The summed E-state index contributed by atoms with van der Waals surface area (Å²) in [4.78, 5) is 14.1. The summed E-state index contributed by atoms with van der Waals surface area (Å²) in [6, 6.07) is 9.63. The first-order valence-electron chi connectivity index (χ1n) is 9.62. The Labute approximate surface area is 174 Å². The molecule has 0 aliphatic carbocycles. The molecule has 4 rings (SSSR count). The highest BCUT2D eigenvalue weighted by Crippen LogP contribution is 2.31. The Hall–Kier alpha value is -3.43. The maximum Gasteiger partial charge on any atom is 0.416 e. The number of anilines is 1. The van der Waals surface area contributed by atoms with Crippen LogP contribution in [0.3, 0.4) is 0 Å². The number of urea groups is 1. The number of carbonyl (C=O) groups excluding carboxylic acids is 1. The average Bonchev–Trinajstić information content (AvgIpc) is 3.24. The van der Waals surface area contributed by atoms with Crippen LogP contribution in [0.25, 0.3) is 11.5 Å². The third-order valence-electron chi connectivity index (χ3n) is 5.03. The molecule has 0 spiro atoms. The van der Waals surface area contributed by atoms with Gasteiger partial charge in [0, 0.05) is 24.3 Å². The van der Waals surface area contributed by atoms with Gasteiger partial charge < -0.3 is 14.6 Å². The van der Waals surface area contributed by atoms with E-state index < -0.39 is 17.8 Å². The summed E-state index contributed by atoms with van der Waals surface area (Å²) >= 11 is 0. The number of nitrogens with zero attached hydrogens (tertiary/aromatic N) is 3. The van der Waals surface area contributed by atoms with Crippen molar-refractivity contribution in [3.8, 4) is 11.5 Å². The van der Waals surface area contributed by atoms with Crippen LogP contribution in [0.4, 0.5) is 28.0 Å². The van der Waals surface area contributed by atoms with E-state index in [4.69, 9.17) is 4.42 Å². The summed E-state index contributed by atoms with van der Waals surface area (Å²) in [5.41, 5.74) is -0.186. The second-order valence-electron chi connectivity index (χ2n) is 7.25. The van der Waals surface area contributed by atoms with Gasteiger partial charge in [-0.3, -0.25) is 0 Å². The highest BCUT2D eigenvalue weighted by atomic mass is 19.4. The van der Waals surface area contributed by atoms with E-state index in [1.165, 1.54) is 41.3 Å². The first-order valence-corrected chi connectivity index (χ1v) is 9.62. The monoisotopic (exact) mass is 434 g/mol. The van der Waals surface area contributed by atoms with E-state index in [1.54, 1.807) is 0 Å². The normalized spacial score (nSPS) is 16.9. The van der Waals surface area contributed by atoms with Crippen LogP contribution in [0.2, 0.25) is 0 Å². The van der Waals surface area contributed by atoms with Gasteiger partial charge in [-0.15, -0.1) is 10.2 Å². The fraction of sp³-hybridized carbons (Fsp3) is 0.286. The number of amides is 2. The zero-order chi connectivity index (χ0) is 22.0. The number of rotatable bonds is 3. The van der Waals surface area contributed by atoms with Crippen molar-refractivity contribution >= 4 is 11.7 Å². The van der Waals surface area contributed by atoms with Crippen LogP contribution in [-0.4, -0.2) is 34.2 Å². The van der Waals surface area contributed by atoms with Gasteiger partial charge >= 0.3 is 12.2 Å². The minimum atomic E-state index is -4.49. The molecule has 10 heteroatoms. The molecule has 2 aromatic carbocycles. The third-order valence-corrected chi connectivity index (χ3v) is 5.03. The number of carbonyl (C=O) groups is 1. The van der Waals surface area contributed by atoms with Crippen molar-refractivity contribution in [2.75, 3.05) is 18.4 Å². The molecule has 31 heavy (non-hydrogen) atoms. The lowest BCUT2D eigenvalue weighted by Crippen LogP contribution is -2.41. The van der Waals surface area contributed by atoms with E-state index in [0.29, 0.717) is 24.4 Å². The van der Waals surface area contributed by atoms with Gasteiger partial charge in [0.2, 0.25) is 11.8 Å². The maximum absolute atomic E-state index is 13.1. The van der Waals surface area contributed by atoms with E-state index >= 15 is 0 Å². The van der Waals surface area contributed by atoms with Gasteiger partial charge in [0.25, 0.3) is 0 Å². The molecule has 6 nitrogen and oxygen atoms in total. The quantitative estimate of drug-likeness (QED) is 0.568. The molecule has 1 saturated heterocycles. The Balaban J connectivity index is 1.43. The number of alkyl halides is 3. The van der Waals surface area contributed by atoms with Crippen LogP contribution < -0.4 is 5.32 Å². The van der Waals surface area contributed by atoms with Gasteiger partial charge in [-0.25, -0.2) is 9.18 Å². The SMILES string of the molecule is O=C(Nc1cccc(C(F)(F)F)c1)N1CCCC(c2nnc(-c3ccc(F)cc3)o2)C1. The van der Waals surface area contributed by atoms with Crippen molar-refractivity contribution in [1.82, 2.24) is 15.1 Å². The Bertz CT molecular complexity index is 1070. The second-order valence-corrected chi connectivity index (χ2v) is 7.25. The van der Waals surface area contributed by atoms with Crippen molar-refractivity contribution in [3.63, 3.8) is 0 Å². The van der Waals surface area contributed by atoms with Crippen LogP contribution in [0.15, 0.2) is 52.9 Å². The molecule has 1 aromatic heterocycles. The van der Waals surface area contributed by atoms with E-state index in [9.17, 15) is 22.4 Å². The van der Waals surface area contributed by atoms with E-state index in [-0.39, 0.29) is 29.9 Å². The molecule has 0 radical (unpaired) electrons. The fourth-order valence-corrected chi connectivity index (χ4v) is 3.45. The van der Waals surface area contributed by atoms with Crippen molar-refractivity contribution in [2.45, 2.75) is 24.9 Å². The summed E-state index contributed by atoms with van der Waals surface area (Å²) in [6.45, 7) is 0.746. The number of hydrogen-bond donors (Lipinski definition) is 1. The minimum Gasteiger partial charge on any atom is -0.420 e. The molecule has 0 bridgehead atoms. The predicted molar refractivity (Wildman–Crippen MR) is 104 cm³/mol. The van der Waals surface area contributed by atoms with E-state index in [0.717, 1.165) is 18.6 Å². The largest absolute Gasteiger partial charge is 0.420 e. The molecule has 0 saturated carbocycles. The molecule has 2 heterocycles. The molecular formula is C21H18F4N4O2. The fourth-order valence-electron chi connectivity index (χ4n) is 3.45. The molecule has 2 amide bonds. The smallest absolute Gasteiger partial charge is 0.416 e. The molecule has 1 aliphatic rings. The lowest BCUT2D eigenvalue weighted by molar-refractivity contribution is -0.137. The minimum absolute atomic E-state index is 0.0679. The Morgan fingerprint density at radius 1 is 1.13 bits per heavy atom. The number of nitrogens with one attached hydrogen (secondary N) is 1. The molecule has 162 valence electrons. The van der Waals surface area contributed by atoms with Crippen molar-refractivity contribution in [1.29, 1.82) is 0 Å². The Kier molecular flexibility index (Phi) is 5.62. The molecule has 3 aromatic rings. The Morgan fingerprint density at radius 2 is 1.90 bits per heavy atom. The van der Waals surface area contributed by atoms with E-state index in [1.807, 2.05) is 0 Å². The van der Waals surface area contributed by atoms with Gasteiger partial charge in [-0.2, -0.15) is 13.2 Å². The summed E-state index contributed by atoms with van der Waals surface area (Å²) < 4.78 is 57.4. The lowest BCUT2D eigenvalue weighted by atomic mass is 9.98. The molecular weight excluding hydrogens is 416 g/mol. The highest BCUT2D eigenvalue weighted by molar-refractivity contribution is 5.89. The zero-order valence-corrected chi connectivity index (χ0v) is 16.2. The molecule has 1 atom stereocenters. The predicted octanol–water partition coefficient (Wildman–Crippen LogP) is 5.31. The number of benzene rings is 2.